The molecule has 3 aromatic rings. The second-order valence-electron chi connectivity index (χ2n) is 5.96. The van der Waals surface area contributed by atoms with Crippen molar-refractivity contribution < 1.29 is 14.3 Å². The van der Waals surface area contributed by atoms with E-state index >= 15 is 0 Å². The molecular weight excluding hydrogens is 333 g/mol. The summed E-state index contributed by atoms with van der Waals surface area (Å²) in [5, 5.41) is 19.1. The van der Waals surface area contributed by atoms with Crippen molar-refractivity contribution in [3.63, 3.8) is 0 Å². The van der Waals surface area contributed by atoms with Gasteiger partial charge in [0.2, 0.25) is 5.88 Å². The molecule has 2 aromatic carbocycles. The summed E-state index contributed by atoms with van der Waals surface area (Å²) in [6, 6.07) is 16.1. The number of rotatable bonds is 7. The summed E-state index contributed by atoms with van der Waals surface area (Å²) in [5.74, 6) is -0.499. The van der Waals surface area contributed by atoms with Gasteiger partial charge in [-0.3, -0.25) is 9.18 Å². The van der Waals surface area contributed by atoms with Crippen LogP contribution in [0.15, 0.2) is 64.8 Å². The first-order valence-corrected chi connectivity index (χ1v) is 8.59. The number of aromatic hydroxyl groups is 1. The molecule has 0 fully saturated rings. The van der Waals surface area contributed by atoms with Crippen LogP contribution in [0.5, 0.6) is 5.88 Å². The fourth-order valence-electron chi connectivity index (χ4n) is 2.87. The Bertz CT molecular complexity index is 919. The number of aromatic nitrogens is 1. The van der Waals surface area contributed by atoms with Crippen LogP contribution in [-0.2, 0) is 6.54 Å². The quantitative estimate of drug-likeness (QED) is 0.456. The minimum atomic E-state index is -0.468. The van der Waals surface area contributed by atoms with E-state index in [2.05, 4.69) is 10.2 Å². The topological polar surface area (TPSA) is 66.9 Å². The maximum absolute atomic E-state index is 12.3. The maximum Gasteiger partial charge on any atom is 0.295 e. The number of amides is 1. The van der Waals surface area contributed by atoms with E-state index in [9.17, 15) is 14.3 Å². The summed E-state index contributed by atoms with van der Waals surface area (Å²) >= 11 is 0. The van der Waals surface area contributed by atoms with Gasteiger partial charge in [-0.25, -0.2) is 0 Å². The highest BCUT2D eigenvalue weighted by Crippen LogP contribution is 2.39. The van der Waals surface area contributed by atoms with E-state index in [-0.39, 0.29) is 18.2 Å². The zero-order valence-corrected chi connectivity index (χ0v) is 14.3. The van der Waals surface area contributed by atoms with Gasteiger partial charge in [-0.1, -0.05) is 36.4 Å². The molecule has 1 N–H and O–H groups in total. The Hall–Kier alpha value is -3.02. The van der Waals surface area contributed by atoms with Crippen LogP contribution < -0.4 is 0 Å². The van der Waals surface area contributed by atoms with E-state index in [1.807, 2.05) is 30.3 Å². The van der Waals surface area contributed by atoms with Crippen molar-refractivity contribution >= 4 is 22.5 Å². The average molecular weight is 353 g/mol. The molecule has 0 aliphatic carbocycles. The molecule has 1 heterocycles. The maximum atomic E-state index is 12.3. The number of fused-ring (bicyclic) bond motifs is 1. The molecule has 0 bridgehead atoms. The Kier molecular flexibility index (Phi) is 5.73. The molecule has 1 aromatic heterocycles. The minimum Gasteiger partial charge on any atom is -0.493 e. The molecule has 0 spiro atoms. The molecule has 0 radical (unpaired) electrons. The Morgan fingerprint density at radius 3 is 2.50 bits per heavy atom. The Morgan fingerprint density at radius 1 is 1.00 bits per heavy atom. The number of aryl methyl sites for hydroxylation is 1. The summed E-state index contributed by atoms with van der Waals surface area (Å²) in [6.07, 6.45) is 2.00. The predicted octanol–water partition coefficient (Wildman–Crippen LogP) is 5.41. The highest BCUT2D eigenvalue weighted by Gasteiger charge is 2.16. The smallest absolute Gasteiger partial charge is 0.295 e. The Labute approximate surface area is 150 Å². The van der Waals surface area contributed by atoms with Gasteiger partial charge < -0.3 is 9.67 Å². The molecule has 3 rings (SSSR count). The van der Waals surface area contributed by atoms with Crippen LogP contribution >= 0.6 is 0 Å². The van der Waals surface area contributed by atoms with Crippen molar-refractivity contribution in [2.45, 2.75) is 25.8 Å². The van der Waals surface area contributed by atoms with Crippen LogP contribution in [0.4, 0.5) is 10.1 Å². The zero-order chi connectivity index (χ0) is 18.4. The molecule has 1 amide bonds. The number of hydrogen-bond acceptors (Lipinski definition) is 3. The number of unbranched alkanes of at least 4 members (excludes halogenated alkanes) is 2. The molecule has 0 saturated heterocycles. The van der Waals surface area contributed by atoms with Crippen molar-refractivity contribution in [1.29, 1.82) is 0 Å². The molecule has 26 heavy (non-hydrogen) atoms. The minimum absolute atomic E-state index is 0.0314. The van der Waals surface area contributed by atoms with Crippen molar-refractivity contribution in [2.24, 2.45) is 10.2 Å². The summed E-state index contributed by atoms with van der Waals surface area (Å²) < 4.78 is 14.0. The highest BCUT2D eigenvalue weighted by molar-refractivity contribution is 5.97. The van der Waals surface area contributed by atoms with E-state index in [0.29, 0.717) is 18.5 Å². The lowest BCUT2D eigenvalue weighted by atomic mass is 10.2. The molecule has 0 aliphatic heterocycles. The second-order valence-corrected chi connectivity index (χ2v) is 5.96. The van der Waals surface area contributed by atoms with Crippen LogP contribution in [0.3, 0.4) is 0 Å². The molecule has 6 heteroatoms. The SMILES string of the molecule is O=C(N=Nc1c(O)n(CCCCCF)c2ccccc12)c1ccccc1. The Morgan fingerprint density at radius 2 is 1.73 bits per heavy atom. The molecule has 0 aliphatic rings. The number of azo groups is 1. The number of carbonyl (C=O) groups is 1. The van der Waals surface area contributed by atoms with E-state index in [4.69, 9.17) is 0 Å². The van der Waals surface area contributed by atoms with E-state index in [0.717, 1.165) is 23.7 Å². The lowest BCUT2D eigenvalue weighted by Crippen LogP contribution is -1.97. The lowest BCUT2D eigenvalue weighted by Gasteiger charge is -2.06. The van der Waals surface area contributed by atoms with Gasteiger partial charge in [0, 0.05) is 17.5 Å². The number of alkyl halides is 1. The van der Waals surface area contributed by atoms with Gasteiger partial charge in [0.05, 0.1) is 12.2 Å². The average Bonchev–Trinajstić information content (AvgIpc) is 2.95. The number of carbonyl (C=O) groups excluding carboxylic acids is 1. The van der Waals surface area contributed by atoms with Crippen molar-refractivity contribution in [2.75, 3.05) is 6.67 Å². The molecule has 0 saturated carbocycles. The summed E-state index contributed by atoms with van der Waals surface area (Å²) in [6.45, 7) is 0.216. The van der Waals surface area contributed by atoms with E-state index < -0.39 is 5.91 Å². The fraction of sp³-hybridized carbons (Fsp3) is 0.250. The van der Waals surface area contributed by atoms with Crippen LogP contribution in [0.1, 0.15) is 29.6 Å². The van der Waals surface area contributed by atoms with Gasteiger partial charge in [0.25, 0.3) is 5.91 Å². The van der Waals surface area contributed by atoms with Gasteiger partial charge in [0.15, 0.2) is 5.69 Å². The zero-order valence-electron chi connectivity index (χ0n) is 14.3. The van der Waals surface area contributed by atoms with Crippen LogP contribution in [0.2, 0.25) is 0 Å². The van der Waals surface area contributed by atoms with Gasteiger partial charge in [-0.05, 0) is 37.5 Å². The Balaban J connectivity index is 1.89. The number of para-hydroxylation sites is 1. The first kappa shape index (κ1) is 17.8. The van der Waals surface area contributed by atoms with Gasteiger partial charge in [-0.15, -0.1) is 10.2 Å². The van der Waals surface area contributed by atoms with Crippen LogP contribution in [0.25, 0.3) is 10.9 Å². The number of benzene rings is 2. The van der Waals surface area contributed by atoms with Crippen molar-refractivity contribution in [3.8, 4) is 5.88 Å². The van der Waals surface area contributed by atoms with E-state index in [1.165, 1.54) is 0 Å². The second kappa shape index (κ2) is 8.38. The monoisotopic (exact) mass is 353 g/mol. The number of halogens is 1. The molecule has 0 unspecified atom stereocenters. The first-order valence-electron chi connectivity index (χ1n) is 8.59. The predicted molar refractivity (Wildman–Crippen MR) is 98.7 cm³/mol. The molecular formula is C20H20FN3O2. The normalized spacial score (nSPS) is 11.4. The fourth-order valence-corrected chi connectivity index (χ4v) is 2.87. The number of nitrogens with zero attached hydrogens (tertiary/aromatic N) is 3. The molecule has 134 valence electrons. The summed E-state index contributed by atoms with van der Waals surface area (Å²) in [4.78, 5) is 12.1. The van der Waals surface area contributed by atoms with Gasteiger partial charge in [0.1, 0.15) is 0 Å². The van der Waals surface area contributed by atoms with Gasteiger partial charge >= 0.3 is 0 Å². The third-order valence-corrected chi connectivity index (χ3v) is 4.19. The largest absolute Gasteiger partial charge is 0.493 e. The van der Waals surface area contributed by atoms with E-state index in [1.54, 1.807) is 28.8 Å². The lowest BCUT2D eigenvalue weighted by molar-refractivity contribution is 0.0995. The standard InChI is InChI=1S/C20H20FN3O2/c21-13-7-2-8-14-24-17-12-6-5-11-16(17)18(20(24)26)22-23-19(25)15-9-3-1-4-10-15/h1,3-6,9-12,26H,2,7-8,13-14H2. The summed E-state index contributed by atoms with van der Waals surface area (Å²) in [5.41, 5.74) is 1.52. The third-order valence-electron chi connectivity index (χ3n) is 4.19. The third kappa shape index (κ3) is 3.79. The molecule has 5 nitrogen and oxygen atoms in total. The highest BCUT2D eigenvalue weighted by atomic mass is 19.1. The summed E-state index contributed by atoms with van der Waals surface area (Å²) in [7, 11) is 0. The number of hydrogen-bond donors (Lipinski definition) is 1. The van der Waals surface area contributed by atoms with Crippen molar-refractivity contribution in [3.05, 3.63) is 60.2 Å². The van der Waals surface area contributed by atoms with Crippen LogP contribution in [-0.4, -0.2) is 22.3 Å². The molecule has 0 atom stereocenters. The van der Waals surface area contributed by atoms with Crippen molar-refractivity contribution in [1.82, 2.24) is 4.57 Å². The van der Waals surface area contributed by atoms with Crippen LogP contribution in [0, 0.1) is 0 Å². The first-order chi connectivity index (χ1) is 12.7. The van der Waals surface area contributed by atoms with Gasteiger partial charge in [-0.2, -0.15) is 0 Å².